The fraction of sp³-hybridized carbons (Fsp3) is 0.467. The number of hydrogen-bond acceptors (Lipinski definition) is 3. The van der Waals surface area contributed by atoms with Crippen molar-refractivity contribution < 1.29 is 9.47 Å². The van der Waals surface area contributed by atoms with Crippen LogP contribution in [0.5, 0.6) is 5.75 Å². The largest absolute Gasteiger partial charge is 0.497 e. The van der Waals surface area contributed by atoms with Crippen LogP contribution in [0.15, 0.2) is 24.4 Å². The first-order valence-electron chi connectivity index (χ1n) is 6.75. The van der Waals surface area contributed by atoms with E-state index < -0.39 is 0 Å². The monoisotopic (exact) mass is 260 g/mol. The summed E-state index contributed by atoms with van der Waals surface area (Å²) >= 11 is 0. The van der Waals surface area contributed by atoms with Crippen LogP contribution in [-0.4, -0.2) is 31.4 Å². The van der Waals surface area contributed by atoms with Crippen molar-refractivity contribution in [2.24, 2.45) is 7.05 Å². The normalized spacial score (nSPS) is 20.4. The van der Waals surface area contributed by atoms with Crippen molar-refractivity contribution in [1.82, 2.24) is 9.88 Å². The van der Waals surface area contributed by atoms with Gasteiger partial charge in [0, 0.05) is 43.4 Å². The summed E-state index contributed by atoms with van der Waals surface area (Å²) < 4.78 is 13.4. The van der Waals surface area contributed by atoms with E-state index in [2.05, 4.69) is 35.3 Å². The van der Waals surface area contributed by atoms with Gasteiger partial charge in [0.15, 0.2) is 0 Å². The number of nitrogens with zero attached hydrogens (tertiary/aromatic N) is 1. The van der Waals surface area contributed by atoms with Crippen molar-refractivity contribution >= 4 is 10.9 Å². The smallest absolute Gasteiger partial charge is 0.120 e. The molecule has 1 aromatic carbocycles. The molecule has 1 fully saturated rings. The lowest BCUT2D eigenvalue weighted by molar-refractivity contribution is 0.0678. The van der Waals surface area contributed by atoms with Gasteiger partial charge in [-0.15, -0.1) is 0 Å². The third kappa shape index (κ3) is 2.33. The second-order valence-electron chi connectivity index (χ2n) is 5.00. The van der Waals surface area contributed by atoms with Crippen molar-refractivity contribution in [2.45, 2.75) is 12.5 Å². The molecule has 1 aliphatic heterocycles. The summed E-state index contributed by atoms with van der Waals surface area (Å²) in [4.78, 5) is 0. The van der Waals surface area contributed by atoms with Gasteiger partial charge in [-0.1, -0.05) is 0 Å². The predicted octanol–water partition coefficient (Wildman–Crippen LogP) is 2.24. The average molecular weight is 260 g/mol. The van der Waals surface area contributed by atoms with Gasteiger partial charge in [-0.3, -0.25) is 0 Å². The van der Waals surface area contributed by atoms with Crippen LogP contribution in [0.4, 0.5) is 0 Å². The van der Waals surface area contributed by atoms with Crippen molar-refractivity contribution in [2.75, 3.05) is 26.8 Å². The number of methoxy groups -OCH3 is 1. The molecule has 1 aliphatic rings. The molecule has 0 aliphatic carbocycles. The Bertz CT molecular complexity index is 569. The lowest BCUT2D eigenvalue weighted by Gasteiger charge is -2.14. The number of aromatic nitrogens is 1. The highest BCUT2D eigenvalue weighted by Crippen LogP contribution is 2.31. The number of benzene rings is 1. The van der Waals surface area contributed by atoms with Crippen LogP contribution in [0.2, 0.25) is 0 Å². The molecule has 0 bridgehead atoms. The highest BCUT2D eigenvalue weighted by atomic mass is 16.5. The molecule has 4 heteroatoms. The van der Waals surface area contributed by atoms with E-state index in [0.717, 1.165) is 31.9 Å². The zero-order valence-corrected chi connectivity index (χ0v) is 11.5. The standard InChI is InChI=1S/C15H20N2O2/c1-17-10-13(15-9-16-6-3-7-19-15)12-5-4-11(18-2)8-14(12)17/h4-5,8,10,15-16H,3,6-7,9H2,1-2H3. The van der Waals surface area contributed by atoms with Gasteiger partial charge < -0.3 is 19.4 Å². The Hall–Kier alpha value is -1.52. The van der Waals surface area contributed by atoms with Crippen LogP contribution in [-0.2, 0) is 11.8 Å². The molecule has 1 saturated heterocycles. The van der Waals surface area contributed by atoms with Gasteiger partial charge in [0.25, 0.3) is 0 Å². The summed E-state index contributed by atoms with van der Waals surface area (Å²) in [5.41, 5.74) is 2.44. The Morgan fingerprint density at radius 3 is 3.16 bits per heavy atom. The van der Waals surface area contributed by atoms with E-state index in [0.29, 0.717) is 0 Å². The molecular formula is C15H20N2O2. The molecule has 1 unspecified atom stereocenters. The lowest BCUT2D eigenvalue weighted by atomic mass is 10.1. The van der Waals surface area contributed by atoms with Gasteiger partial charge in [0.05, 0.1) is 18.7 Å². The van der Waals surface area contributed by atoms with E-state index in [1.54, 1.807) is 7.11 Å². The summed E-state index contributed by atoms with van der Waals surface area (Å²) in [7, 11) is 3.76. The Kier molecular flexibility index (Phi) is 3.44. The fourth-order valence-electron chi connectivity index (χ4n) is 2.69. The van der Waals surface area contributed by atoms with E-state index in [1.165, 1.54) is 16.5 Å². The van der Waals surface area contributed by atoms with E-state index in [4.69, 9.17) is 9.47 Å². The maximum Gasteiger partial charge on any atom is 0.120 e. The number of hydrogen-bond donors (Lipinski definition) is 1. The highest BCUT2D eigenvalue weighted by molar-refractivity contribution is 5.85. The van der Waals surface area contributed by atoms with E-state index in [-0.39, 0.29) is 6.10 Å². The van der Waals surface area contributed by atoms with Gasteiger partial charge >= 0.3 is 0 Å². The molecule has 4 nitrogen and oxygen atoms in total. The van der Waals surface area contributed by atoms with E-state index >= 15 is 0 Å². The van der Waals surface area contributed by atoms with Crippen molar-refractivity contribution in [3.63, 3.8) is 0 Å². The van der Waals surface area contributed by atoms with Crippen LogP contribution < -0.4 is 10.1 Å². The third-order valence-corrected chi connectivity index (χ3v) is 3.72. The molecule has 0 spiro atoms. The maximum absolute atomic E-state index is 5.96. The zero-order valence-electron chi connectivity index (χ0n) is 11.5. The summed E-state index contributed by atoms with van der Waals surface area (Å²) in [6.45, 7) is 2.74. The minimum Gasteiger partial charge on any atom is -0.497 e. The number of nitrogens with one attached hydrogen (secondary N) is 1. The maximum atomic E-state index is 5.96. The van der Waals surface area contributed by atoms with Crippen LogP contribution >= 0.6 is 0 Å². The Labute approximate surface area is 113 Å². The number of fused-ring (bicyclic) bond motifs is 1. The Morgan fingerprint density at radius 1 is 1.42 bits per heavy atom. The average Bonchev–Trinajstić information content (AvgIpc) is 2.64. The molecule has 1 N–H and O–H groups in total. The molecule has 0 saturated carbocycles. The Balaban J connectivity index is 2.03. The van der Waals surface area contributed by atoms with Gasteiger partial charge in [-0.25, -0.2) is 0 Å². The number of rotatable bonds is 2. The molecule has 0 radical (unpaired) electrons. The summed E-state index contributed by atoms with van der Waals surface area (Å²) in [6, 6.07) is 6.21. The fourth-order valence-corrected chi connectivity index (χ4v) is 2.69. The van der Waals surface area contributed by atoms with E-state index in [1.807, 2.05) is 6.07 Å². The lowest BCUT2D eigenvalue weighted by Crippen LogP contribution is -2.19. The molecule has 19 heavy (non-hydrogen) atoms. The summed E-state index contributed by atoms with van der Waals surface area (Å²) in [5, 5.41) is 4.68. The second kappa shape index (κ2) is 5.23. The van der Waals surface area contributed by atoms with Crippen LogP contribution in [0.25, 0.3) is 10.9 Å². The van der Waals surface area contributed by atoms with Crippen LogP contribution in [0.1, 0.15) is 18.1 Å². The molecular weight excluding hydrogens is 240 g/mol. The molecule has 0 amide bonds. The Morgan fingerprint density at radius 2 is 2.32 bits per heavy atom. The first-order valence-corrected chi connectivity index (χ1v) is 6.75. The van der Waals surface area contributed by atoms with Gasteiger partial charge in [-0.05, 0) is 25.1 Å². The van der Waals surface area contributed by atoms with Crippen molar-refractivity contribution in [3.05, 3.63) is 30.0 Å². The molecule has 1 atom stereocenters. The zero-order chi connectivity index (χ0) is 13.2. The minimum atomic E-state index is 0.139. The van der Waals surface area contributed by atoms with Crippen LogP contribution in [0.3, 0.4) is 0 Å². The van der Waals surface area contributed by atoms with Gasteiger partial charge in [0.1, 0.15) is 5.75 Å². The summed E-state index contributed by atoms with van der Waals surface area (Å²) in [5.74, 6) is 0.889. The SMILES string of the molecule is COc1ccc2c(C3CNCCCO3)cn(C)c2c1. The number of ether oxygens (including phenoxy) is 2. The van der Waals surface area contributed by atoms with Gasteiger partial charge in [0.2, 0.25) is 0 Å². The molecule has 102 valence electrons. The molecule has 2 heterocycles. The van der Waals surface area contributed by atoms with Crippen molar-refractivity contribution in [1.29, 1.82) is 0 Å². The van der Waals surface area contributed by atoms with Crippen LogP contribution in [0, 0.1) is 0 Å². The quantitative estimate of drug-likeness (QED) is 0.899. The molecule has 3 rings (SSSR count). The van der Waals surface area contributed by atoms with E-state index in [9.17, 15) is 0 Å². The highest BCUT2D eigenvalue weighted by Gasteiger charge is 2.19. The second-order valence-corrected chi connectivity index (χ2v) is 5.00. The molecule has 2 aromatic rings. The van der Waals surface area contributed by atoms with Gasteiger partial charge in [-0.2, -0.15) is 0 Å². The van der Waals surface area contributed by atoms with Crippen molar-refractivity contribution in [3.8, 4) is 5.75 Å². The summed E-state index contributed by atoms with van der Waals surface area (Å²) in [6.07, 6.45) is 3.39. The third-order valence-electron chi connectivity index (χ3n) is 3.72. The first-order chi connectivity index (χ1) is 9.29. The minimum absolute atomic E-state index is 0.139. The molecule has 1 aromatic heterocycles. The topological polar surface area (TPSA) is 35.4 Å². The predicted molar refractivity (Wildman–Crippen MR) is 75.7 cm³/mol. The first kappa shape index (κ1) is 12.5. The number of aryl methyl sites for hydroxylation is 1.